The van der Waals surface area contributed by atoms with Crippen LogP contribution >= 0.6 is 11.3 Å². The van der Waals surface area contributed by atoms with Crippen molar-refractivity contribution < 1.29 is 19.1 Å². The minimum atomic E-state index is -0.272. The lowest BCUT2D eigenvalue weighted by Crippen LogP contribution is -2.32. The van der Waals surface area contributed by atoms with Crippen molar-refractivity contribution in [3.63, 3.8) is 0 Å². The molecule has 0 radical (unpaired) electrons. The molecule has 25 heavy (non-hydrogen) atoms. The van der Waals surface area contributed by atoms with Crippen molar-refractivity contribution in [2.45, 2.75) is 25.7 Å². The zero-order valence-electron chi connectivity index (χ0n) is 13.7. The highest BCUT2D eigenvalue weighted by atomic mass is 32.1. The Morgan fingerprint density at radius 3 is 2.80 bits per heavy atom. The highest BCUT2D eigenvalue weighted by Crippen LogP contribution is 2.34. The van der Waals surface area contributed by atoms with Crippen molar-refractivity contribution in [3.8, 4) is 11.5 Å². The van der Waals surface area contributed by atoms with Gasteiger partial charge in [0, 0.05) is 23.1 Å². The number of carbonyl (C=O) groups is 2. The monoisotopic (exact) mass is 360 g/mol. The molecule has 0 fully saturated rings. The van der Waals surface area contributed by atoms with Crippen LogP contribution in [-0.2, 0) is 16.0 Å². The van der Waals surface area contributed by atoms with E-state index in [9.17, 15) is 9.59 Å². The molecule has 1 aromatic carbocycles. The number of hydrogen-bond donors (Lipinski definition) is 2. The number of rotatable bonds is 8. The van der Waals surface area contributed by atoms with E-state index in [1.807, 2.05) is 6.07 Å². The van der Waals surface area contributed by atoms with Gasteiger partial charge in [-0.2, -0.15) is 0 Å². The maximum absolute atomic E-state index is 11.9. The first-order chi connectivity index (χ1) is 12.2. The predicted molar refractivity (Wildman–Crippen MR) is 96.1 cm³/mol. The van der Waals surface area contributed by atoms with Crippen LogP contribution in [0, 0.1) is 0 Å². The lowest BCUT2D eigenvalue weighted by Gasteiger charge is -2.07. The molecule has 0 bridgehead atoms. The number of aryl methyl sites for hydroxylation is 1. The predicted octanol–water partition coefficient (Wildman–Crippen LogP) is 2.94. The summed E-state index contributed by atoms with van der Waals surface area (Å²) in [6.07, 6.45) is 3.21. The first-order valence-corrected chi connectivity index (χ1v) is 9.07. The van der Waals surface area contributed by atoms with Crippen LogP contribution in [0.1, 0.15) is 24.1 Å². The quantitative estimate of drug-likeness (QED) is 0.710. The second kappa shape index (κ2) is 8.53. The third-order valence-electron chi connectivity index (χ3n) is 3.76. The summed E-state index contributed by atoms with van der Waals surface area (Å²) in [5, 5.41) is 7.43. The van der Waals surface area contributed by atoms with Crippen molar-refractivity contribution in [1.29, 1.82) is 0 Å². The first-order valence-electron chi connectivity index (χ1n) is 8.19. The molecule has 0 unspecified atom stereocenters. The fourth-order valence-electron chi connectivity index (χ4n) is 2.49. The number of carbonyl (C=O) groups excluding carboxylic acids is 2. The fraction of sp³-hybridized carbons (Fsp3) is 0.333. The van der Waals surface area contributed by atoms with Crippen LogP contribution in [0.15, 0.2) is 35.7 Å². The third kappa shape index (κ3) is 5.22. The Hall–Kier alpha value is -2.54. The van der Waals surface area contributed by atoms with Crippen LogP contribution in [0.25, 0.3) is 0 Å². The molecule has 2 heterocycles. The van der Waals surface area contributed by atoms with Crippen LogP contribution < -0.4 is 20.1 Å². The van der Waals surface area contributed by atoms with Crippen LogP contribution in [0.3, 0.4) is 0 Å². The van der Waals surface area contributed by atoms with E-state index in [1.165, 1.54) is 4.88 Å². The van der Waals surface area contributed by atoms with Gasteiger partial charge in [-0.15, -0.1) is 11.3 Å². The Morgan fingerprint density at radius 2 is 1.96 bits per heavy atom. The summed E-state index contributed by atoms with van der Waals surface area (Å²) in [7, 11) is 0. The van der Waals surface area contributed by atoms with Crippen LogP contribution in [0.5, 0.6) is 11.5 Å². The second-order valence-electron chi connectivity index (χ2n) is 5.68. The Labute approximate surface area is 150 Å². The van der Waals surface area contributed by atoms with Gasteiger partial charge in [-0.1, -0.05) is 6.07 Å². The second-order valence-corrected chi connectivity index (χ2v) is 6.71. The Bertz CT molecular complexity index is 731. The highest BCUT2D eigenvalue weighted by molar-refractivity contribution is 7.09. The molecule has 0 saturated carbocycles. The smallest absolute Gasteiger partial charge is 0.243 e. The van der Waals surface area contributed by atoms with Gasteiger partial charge in [0.05, 0.1) is 6.54 Å². The molecule has 0 atom stereocenters. The number of unbranched alkanes of at least 4 members (excludes halogenated alkanes) is 1. The van der Waals surface area contributed by atoms with E-state index >= 15 is 0 Å². The lowest BCUT2D eigenvalue weighted by molar-refractivity contribution is -0.124. The summed E-state index contributed by atoms with van der Waals surface area (Å²) in [5.41, 5.74) is 0.611. The normalized spacial score (nSPS) is 12.0. The summed E-state index contributed by atoms with van der Waals surface area (Å²) < 4.78 is 10.5. The van der Waals surface area contributed by atoms with Gasteiger partial charge in [0.25, 0.3) is 0 Å². The van der Waals surface area contributed by atoms with E-state index in [2.05, 4.69) is 22.1 Å². The van der Waals surface area contributed by atoms with Crippen molar-refractivity contribution in [3.05, 3.63) is 40.6 Å². The molecule has 0 aliphatic carbocycles. The van der Waals surface area contributed by atoms with Gasteiger partial charge in [0.2, 0.25) is 18.6 Å². The van der Waals surface area contributed by atoms with Gasteiger partial charge in [-0.05, 0) is 42.8 Å². The van der Waals surface area contributed by atoms with Crippen molar-refractivity contribution in [1.82, 2.24) is 5.32 Å². The molecule has 2 amide bonds. The summed E-state index contributed by atoms with van der Waals surface area (Å²) >= 11 is 1.73. The van der Waals surface area contributed by atoms with Crippen LogP contribution in [0.4, 0.5) is 5.69 Å². The summed E-state index contributed by atoms with van der Waals surface area (Å²) in [4.78, 5) is 25.0. The van der Waals surface area contributed by atoms with Gasteiger partial charge in [0.1, 0.15) is 0 Å². The maximum Gasteiger partial charge on any atom is 0.243 e. The van der Waals surface area contributed by atoms with Gasteiger partial charge >= 0.3 is 0 Å². The van der Waals surface area contributed by atoms with E-state index in [-0.39, 0.29) is 25.2 Å². The van der Waals surface area contributed by atoms with E-state index in [1.54, 1.807) is 29.5 Å². The molecule has 0 spiro atoms. The van der Waals surface area contributed by atoms with E-state index in [0.29, 0.717) is 23.6 Å². The van der Waals surface area contributed by atoms with Gasteiger partial charge in [-0.25, -0.2) is 0 Å². The zero-order valence-corrected chi connectivity index (χ0v) is 14.6. The standard InChI is InChI=1S/C18H20N2O4S/c21-17(6-2-1-4-14-5-3-9-25-14)19-11-18(22)20-13-7-8-15-16(10-13)24-12-23-15/h3,5,7-10H,1-2,4,6,11-12H2,(H,19,21)(H,20,22). The number of amides is 2. The molecular weight excluding hydrogens is 340 g/mol. The zero-order chi connectivity index (χ0) is 17.5. The van der Waals surface area contributed by atoms with E-state index in [0.717, 1.165) is 19.3 Å². The molecule has 1 aliphatic rings. The molecular formula is C18H20N2O4S. The number of ether oxygens (including phenoxy) is 2. The minimum Gasteiger partial charge on any atom is -0.454 e. The molecule has 7 heteroatoms. The van der Waals surface area contributed by atoms with E-state index in [4.69, 9.17) is 9.47 Å². The van der Waals surface area contributed by atoms with Gasteiger partial charge in [-0.3, -0.25) is 9.59 Å². The van der Waals surface area contributed by atoms with Crippen molar-refractivity contribution >= 4 is 28.8 Å². The molecule has 0 saturated heterocycles. The van der Waals surface area contributed by atoms with Gasteiger partial charge < -0.3 is 20.1 Å². The molecule has 2 N–H and O–H groups in total. The molecule has 1 aliphatic heterocycles. The van der Waals surface area contributed by atoms with Gasteiger partial charge in [0.15, 0.2) is 11.5 Å². The summed E-state index contributed by atoms with van der Waals surface area (Å²) in [5.74, 6) is 0.888. The average Bonchev–Trinajstić information content (AvgIpc) is 3.28. The van der Waals surface area contributed by atoms with Crippen LogP contribution in [-0.4, -0.2) is 25.2 Å². The molecule has 2 aromatic rings. The average molecular weight is 360 g/mol. The highest BCUT2D eigenvalue weighted by Gasteiger charge is 2.14. The maximum atomic E-state index is 11.9. The van der Waals surface area contributed by atoms with E-state index < -0.39 is 0 Å². The topological polar surface area (TPSA) is 76.7 Å². The minimum absolute atomic E-state index is 0.0435. The first kappa shape index (κ1) is 17.3. The number of fused-ring (bicyclic) bond motifs is 1. The summed E-state index contributed by atoms with van der Waals surface area (Å²) in [6.45, 7) is 0.146. The Kier molecular flexibility index (Phi) is 5.90. The molecule has 1 aromatic heterocycles. The van der Waals surface area contributed by atoms with Crippen molar-refractivity contribution in [2.24, 2.45) is 0 Å². The van der Waals surface area contributed by atoms with Crippen LogP contribution in [0.2, 0.25) is 0 Å². The largest absolute Gasteiger partial charge is 0.454 e. The Balaban J connectivity index is 1.32. The SMILES string of the molecule is O=C(CCCCc1cccs1)NCC(=O)Nc1ccc2c(c1)OCO2. The number of hydrogen-bond acceptors (Lipinski definition) is 5. The Morgan fingerprint density at radius 1 is 1.08 bits per heavy atom. The fourth-order valence-corrected chi connectivity index (χ4v) is 3.24. The number of anilines is 1. The lowest BCUT2D eigenvalue weighted by atomic mass is 10.1. The molecule has 132 valence electrons. The molecule has 3 rings (SSSR count). The van der Waals surface area contributed by atoms with Crippen molar-refractivity contribution in [2.75, 3.05) is 18.7 Å². The number of nitrogens with one attached hydrogen (secondary N) is 2. The third-order valence-corrected chi connectivity index (χ3v) is 4.70. The number of benzene rings is 1. The molecule has 6 nitrogen and oxygen atoms in total. The number of thiophene rings is 1. The summed E-state index contributed by atoms with van der Waals surface area (Å²) in [6, 6.07) is 9.31.